The van der Waals surface area contributed by atoms with Crippen LogP contribution in [0.5, 0.6) is 5.75 Å². The molecule has 0 amide bonds. The highest BCUT2D eigenvalue weighted by atomic mass is 16.5. The first-order valence-corrected chi connectivity index (χ1v) is 13.5. The minimum Gasteiger partial charge on any atom is -0.489 e. The number of aliphatic hydroxyl groups excluding tert-OH is 1. The fourth-order valence-corrected chi connectivity index (χ4v) is 4.56. The molecule has 3 N–H and O–H groups in total. The van der Waals surface area contributed by atoms with Crippen molar-refractivity contribution in [2.75, 3.05) is 6.54 Å². The number of hydrogen-bond donors (Lipinski definition) is 3. The third kappa shape index (κ3) is 11.0. The third-order valence-corrected chi connectivity index (χ3v) is 6.44. The van der Waals surface area contributed by atoms with Gasteiger partial charge in [-0.05, 0) is 69.5 Å². The smallest absolute Gasteiger partial charge is 0.328 e. The van der Waals surface area contributed by atoms with Gasteiger partial charge in [0.05, 0.1) is 6.61 Å². The van der Waals surface area contributed by atoms with E-state index in [1.165, 1.54) is 5.56 Å². The molecule has 0 bridgehead atoms. The van der Waals surface area contributed by atoms with Crippen molar-refractivity contribution >= 4 is 11.9 Å². The monoisotopic (exact) mass is 547 g/mol. The lowest BCUT2D eigenvalue weighted by Crippen LogP contribution is -2.38. The number of benzene rings is 3. The molecular formula is C33H41NO6. The van der Waals surface area contributed by atoms with Crippen LogP contribution < -0.4 is 4.74 Å². The molecule has 0 saturated carbocycles. The molecule has 0 spiro atoms. The molecule has 0 unspecified atom stereocenters. The van der Waals surface area contributed by atoms with Crippen molar-refractivity contribution in [1.29, 1.82) is 0 Å². The Labute approximate surface area is 237 Å². The Morgan fingerprint density at radius 2 is 1.35 bits per heavy atom. The Morgan fingerprint density at radius 1 is 0.800 bits per heavy atom. The molecule has 0 saturated heterocycles. The summed E-state index contributed by atoms with van der Waals surface area (Å²) in [5.41, 5.74) is 4.48. The molecule has 40 heavy (non-hydrogen) atoms. The summed E-state index contributed by atoms with van der Waals surface area (Å²) in [7, 11) is 0. The number of ether oxygens (including phenoxy) is 1. The van der Waals surface area contributed by atoms with E-state index < -0.39 is 11.9 Å². The summed E-state index contributed by atoms with van der Waals surface area (Å²) < 4.78 is 6.33. The van der Waals surface area contributed by atoms with Crippen LogP contribution in [-0.4, -0.2) is 50.8 Å². The fraction of sp³-hybridized carbons (Fsp3) is 0.333. The lowest BCUT2D eigenvalue weighted by molar-refractivity contribution is -0.134. The topological polar surface area (TPSA) is 107 Å². The van der Waals surface area contributed by atoms with Crippen LogP contribution in [0.15, 0.2) is 91.0 Å². The van der Waals surface area contributed by atoms with Gasteiger partial charge in [-0.2, -0.15) is 0 Å². The van der Waals surface area contributed by atoms with E-state index in [-0.39, 0.29) is 12.5 Å². The number of carboxylic acid groups (broad SMARTS) is 2. The van der Waals surface area contributed by atoms with E-state index in [4.69, 9.17) is 14.9 Å². The normalized spacial score (nSPS) is 11.9. The van der Waals surface area contributed by atoms with Crippen LogP contribution in [0.1, 0.15) is 62.3 Å². The first-order chi connectivity index (χ1) is 19.1. The van der Waals surface area contributed by atoms with Gasteiger partial charge in [0, 0.05) is 35.7 Å². The average molecular weight is 548 g/mol. The number of carbonyl (C=O) groups is 2. The van der Waals surface area contributed by atoms with E-state index in [0.717, 1.165) is 35.4 Å². The van der Waals surface area contributed by atoms with Crippen molar-refractivity contribution in [1.82, 2.24) is 4.90 Å². The molecule has 3 aromatic carbocycles. The van der Waals surface area contributed by atoms with Crippen LogP contribution in [0.2, 0.25) is 0 Å². The quantitative estimate of drug-likeness (QED) is 0.222. The molecule has 3 rings (SSSR count). The van der Waals surface area contributed by atoms with Gasteiger partial charge in [-0.25, -0.2) is 9.59 Å². The Bertz CT molecular complexity index is 1180. The predicted molar refractivity (Wildman–Crippen MR) is 157 cm³/mol. The number of aliphatic hydroxyl groups is 1. The van der Waals surface area contributed by atoms with Crippen molar-refractivity contribution in [3.05, 3.63) is 113 Å². The molecule has 3 aromatic rings. The Balaban J connectivity index is 0.000000611. The summed E-state index contributed by atoms with van der Waals surface area (Å²) >= 11 is 0. The van der Waals surface area contributed by atoms with Crippen LogP contribution in [0.25, 0.3) is 0 Å². The average Bonchev–Trinajstić information content (AvgIpc) is 2.94. The van der Waals surface area contributed by atoms with Gasteiger partial charge in [-0.15, -0.1) is 0 Å². The molecule has 0 heterocycles. The van der Waals surface area contributed by atoms with Crippen molar-refractivity contribution < 1.29 is 29.6 Å². The van der Waals surface area contributed by atoms with Crippen LogP contribution in [0, 0.1) is 0 Å². The number of hydrogen-bond acceptors (Lipinski definition) is 5. The second-order valence-corrected chi connectivity index (χ2v) is 9.99. The summed E-state index contributed by atoms with van der Waals surface area (Å²) in [5.74, 6) is -1.44. The molecule has 0 aliphatic carbocycles. The SMILES string of the molecule is CC(C)N(CC[C@H](c1ccccc1)c1cc(CO)ccc1OCc1ccccc1)C(C)C.O=C(O)C=CC(=O)O. The van der Waals surface area contributed by atoms with Crippen LogP contribution in [-0.2, 0) is 22.8 Å². The Kier molecular flexibility index (Phi) is 13.6. The van der Waals surface area contributed by atoms with E-state index in [9.17, 15) is 14.7 Å². The Hall–Kier alpha value is -3.94. The zero-order valence-corrected chi connectivity index (χ0v) is 23.7. The van der Waals surface area contributed by atoms with E-state index in [1.807, 2.05) is 30.3 Å². The lowest BCUT2D eigenvalue weighted by atomic mass is 9.86. The fourth-order valence-electron chi connectivity index (χ4n) is 4.56. The van der Waals surface area contributed by atoms with E-state index in [1.54, 1.807) is 0 Å². The summed E-state index contributed by atoms with van der Waals surface area (Å²) in [6.07, 6.45) is 2.10. The first kappa shape index (κ1) is 32.3. The van der Waals surface area contributed by atoms with Gasteiger partial charge < -0.3 is 20.1 Å². The lowest BCUT2D eigenvalue weighted by Gasteiger charge is -2.32. The second kappa shape index (κ2) is 16.9. The molecule has 0 aromatic heterocycles. The highest BCUT2D eigenvalue weighted by Crippen LogP contribution is 2.36. The van der Waals surface area contributed by atoms with Crippen molar-refractivity contribution in [2.24, 2.45) is 0 Å². The van der Waals surface area contributed by atoms with Gasteiger partial charge in [0.1, 0.15) is 12.4 Å². The van der Waals surface area contributed by atoms with Crippen molar-refractivity contribution in [2.45, 2.75) is 65.3 Å². The van der Waals surface area contributed by atoms with Gasteiger partial charge >= 0.3 is 11.9 Å². The largest absolute Gasteiger partial charge is 0.489 e. The molecule has 7 heteroatoms. The second-order valence-electron chi connectivity index (χ2n) is 9.99. The maximum absolute atomic E-state index is 9.83. The van der Waals surface area contributed by atoms with Crippen molar-refractivity contribution in [3.8, 4) is 5.75 Å². The van der Waals surface area contributed by atoms with Gasteiger partial charge in [-0.1, -0.05) is 66.7 Å². The van der Waals surface area contributed by atoms with Crippen LogP contribution in [0.3, 0.4) is 0 Å². The number of rotatable bonds is 13. The van der Waals surface area contributed by atoms with Gasteiger partial charge in [0.15, 0.2) is 0 Å². The molecule has 0 aliphatic rings. The van der Waals surface area contributed by atoms with E-state index >= 15 is 0 Å². The minimum absolute atomic E-state index is 0.0254. The highest BCUT2D eigenvalue weighted by molar-refractivity contribution is 5.89. The predicted octanol–water partition coefficient (Wildman–Crippen LogP) is 6.11. The number of nitrogens with zero attached hydrogens (tertiary/aromatic N) is 1. The van der Waals surface area contributed by atoms with Gasteiger partial charge in [-0.3, -0.25) is 4.90 Å². The highest BCUT2D eigenvalue weighted by Gasteiger charge is 2.22. The van der Waals surface area contributed by atoms with Crippen LogP contribution in [0.4, 0.5) is 0 Å². The van der Waals surface area contributed by atoms with Crippen molar-refractivity contribution in [3.63, 3.8) is 0 Å². The molecule has 214 valence electrons. The number of carboxylic acids is 2. The van der Waals surface area contributed by atoms with E-state index in [0.29, 0.717) is 30.8 Å². The summed E-state index contributed by atoms with van der Waals surface area (Å²) in [5, 5.41) is 25.5. The number of aliphatic carboxylic acids is 2. The first-order valence-electron chi connectivity index (χ1n) is 13.5. The standard InChI is InChI=1S/C29H37NO2.C4H4O4/c1-22(2)30(23(3)4)18-17-27(26-13-9-6-10-14-26)28-19-25(20-31)15-16-29(28)32-21-24-11-7-5-8-12-24;5-3(6)1-2-4(7)8/h5-16,19,22-23,27,31H,17-18,20-21H2,1-4H3;1-2H,(H,5,6)(H,7,8)/t27-;/m1./s1. The van der Waals surface area contributed by atoms with Gasteiger partial charge in [0.2, 0.25) is 0 Å². The minimum atomic E-state index is -1.26. The summed E-state index contributed by atoms with van der Waals surface area (Å²) in [6, 6.07) is 28.0. The summed E-state index contributed by atoms with van der Waals surface area (Å²) in [4.78, 5) is 21.6. The van der Waals surface area contributed by atoms with E-state index in [2.05, 4.69) is 81.1 Å². The molecule has 7 nitrogen and oxygen atoms in total. The third-order valence-electron chi connectivity index (χ3n) is 6.44. The zero-order chi connectivity index (χ0) is 29.5. The molecule has 0 aliphatic heterocycles. The Morgan fingerprint density at radius 3 is 1.85 bits per heavy atom. The summed E-state index contributed by atoms with van der Waals surface area (Å²) in [6.45, 7) is 10.6. The molecular weight excluding hydrogens is 506 g/mol. The molecule has 0 radical (unpaired) electrons. The maximum atomic E-state index is 9.83. The maximum Gasteiger partial charge on any atom is 0.328 e. The molecule has 0 fully saturated rings. The van der Waals surface area contributed by atoms with Crippen LogP contribution >= 0.6 is 0 Å². The zero-order valence-electron chi connectivity index (χ0n) is 23.7. The molecule has 1 atom stereocenters. The van der Waals surface area contributed by atoms with Gasteiger partial charge in [0.25, 0.3) is 0 Å².